The van der Waals surface area contributed by atoms with Crippen LogP contribution >= 0.6 is 12.4 Å². The summed E-state index contributed by atoms with van der Waals surface area (Å²) in [5, 5.41) is 6.43. The molecule has 2 saturated heterocycles. The lowest BCUT2D eigenvalue weighted by Crippen LogP contribution is -2.49. The lowest BCUT2D eigenvalue weighted by atomic mass is 9.93. The summed E-state index contributed by atoms with van der Waals surface area (Å²) in [5.41, 5.74) is 1.09. The molecule has 1 aromatic rings. The van der Waals surface area contributed by atoms with Gasteiger partial charge in [-0.05, 0) is 24.8 Å². The Morgan fingerprint density at radius 1 is 1.25 bits per heavy atom. The number of piperidine rings is 1. The van der Waals surface area contributed by atoms with Crippen LogP contribution in [0.5, 0.6) is 0 Å². The first-order chi connectivity index (χ1) is 13.2. The van der Waals surface area contributed by atoms with Gasteiger partial charge in [0.15, 0.2) is 0 Å². The first kappa shape index (κ1) is 22.7. The van der Waals surface area contributed by atoms with Crippen LogP contribution in [0.4, 0.5) is 0 Å². The van der Waals surface area contributed by atoms with Gasteiger partial charge >= 0.3 is 0 Å². The molecule has 0 aromatic heterocycles. The minimum atomic E-state index is -0.0743. The summed E-state index contributed by atoms with van der Waals surface area (Å²) in [6, 6.07) is 10.3. The number of likely N-dealkylation sites (tertiary alicyclic amines) is 1. The highest BCUT2D eigenvalue weighted by Gasteiger charge is 2.29. The van der Waals surface area contributed by atoms with Gasteiger partial charge in [0.25, 0.3) is 0 Å². The second-order valence-electron chi connectivity index (χ2n) is 7.47. The van der Waals surface area contributed by atoms with Crippen molar-refractivity contribution in [3.05, 3.63) is 35.9 Å². The largest absolute Gasteiger partial charge is 0.378 e. The third kappa shape index (κ3) is 6.19. The summed E-state index contributed by atoms with van der Waals surface area (Å²) in [4.78, 5) is 27.1. The zero-order valence-electron chi connectivity index (χ0n) is 16.6. The van der Waals surface area contributed by atoms with Crippen molar-refractivity contribution in [3.63, 3.8) is 0 Å². The van der Waals surface area contributed by atoms with Gasteiger partial charge in [-0.25, -0.2) is 0 Å². The number of nitrogens with zero attached hydrogens (tertiary/aromatic N) is 1. The second-order valence-corrected chi connectivity index (χ2v) is 7.47. The minimum absolute atomic E-state index is 0. The van der Waals surface area contributed by atoms with Gasteiger partial charge in [0, 0.05) is 38.1 Å². The molecule has 7 heteroatoms. The number of amides is 2. The van der Waals surface area contributed by atoms with Gasteiger partial charge in [0.1, 0.15) is 0 Å². The van der Waals surface area contributed by atoms with Crippen molar-refractivity contribution in [3.8, 4) is 0 Å². The van der Waals surface area contributed by atoms with Gasteiger partial charge in [-0.1, -0.05) is 37.3 Å². The molecule has 156 valence electrons. The Labute approximate surface area is 173 Å². The number of carbonyl (C=O) groups excluding carboxylic acids is 2. The molecule has 2 atom stereocenters. The van der Waals surface area contributed by atoms with Crippen LogP contribution in [0.2, 0.25) is 0 Å². The molecule has 28 heavy (non-hydrogen) atoms. The molecule has 1 aromatic carbocycles. The van der Waals surface area contributed by atoms with Crippen LogP contribution < -0.4 is 10.6 Å². The van der Waals surface area contributed by atoms with Crippen molar-refractivity contribution in [1.82, 2.24) is 15.5 Å². The zero-order chi connectivity index (χ0) is 19.1. The molecule has 3 rings (SSSR count). The smallest absolute Gasteiger partial charge is 0.230 e. The molecule has 0 saturated carbocycles. The van der Waals surface area contributed by atoms with E-state index in [1.807, 2.05) is 35.2 Å². The number of nitrogens with one attached hydrogen (secondary N) is 2. The summed E-state index contributed by atoms with van der Waals surface area (Å²) >= 11 is 0. The molecular formula is C21H32ClN3O3. The molecule has 2 heterocycles. The van der Waals surface area contributed by atoms with Crippen LogP contribution in [0.15, 0.2) is 30.3 Å². The van der Waals surface area contributed by atoms with Crippen molar-refractivity contribution in [2.24, 2.45) is 0 Å². The van der Waals surface area contributed by atoms with Gasteiger partial charge in [0.2, 0.25) is 11.8 Å². The normalized spacial score (nSPS) is 21.5. The lowest BCUT2D eigenvalue weighted by Gasteiger charge is -2.35. The Morgan fingerprint density at radius 2 is 1.96 bits per heavy atom. The van der Waals surface area contributed by atoms with Crippen LogP contribution in [0, 0.1) is 0 Å². The maximum atomic E-state index is 12.9. The standard InChI is InChI=1S/C21H31N3O3.ClH/c1-2-19(16-6-4-3-5-7-16)21(26)24-11-8-17(9-12-24)23-20(25)14-18-15-27-13-10-22-18;/h3-7,17-19,22H,2,8-15H2,1H3,(H,23,25);1H. The number of hydrogen-bond donors (Lipinski definition) is 2. The van der Waals surface area contributed by atoms with E-state index in [0.717, 1.165) is 31.4 Å². The molecular weight excluding hydrogens is 378 g/mol. The molecule has 6 nitrogen and oxygen atoms in total. The fraction of sp³-hybridized carbons (Fsp3) is 0.619. The third-order valence-corrected chi connectivity index (χ3v) is 5.51. The molecule has 2 aliphatic heterocycles. The van der Waals surface area contributed by atoms with E-state index in [2.05, 4.69) is 17.6 Å². The Morgan fingerprint density at radius 3 is 2.57 bits per heavy atom. The van der Waals surface area contributed by atoms with E-state index in [1.165, 1.54) is 0 Å². The Bertz CT molecular complexity index is 615. The number of hydrogen-bond acceptors (Lipinski definition) is 4. The predicted octanol–water partition coefficient (Wildman–Crippen LogP) is 2.09. The monoisotopic (exact) mass is 409 g/mol. The van der Waals surface area contributed by atoms with E-state index in [1.54, 1.807) is 0 Å². The van der Waals surface area contributed by atoms with E-state index < -0.39 is 0 Å². The topological polar surface area (TPSA) is 70.7 Å². The molecule has 0 bridgehead atoms. The number of rotatable bonds is 6. The first-order valence-corrected chi connectivity index (χ1v) is 10.1. The van der Waals surface area contributed by atoms with Crippen LogP contribution in [0.25, 0.3) is 0 Å². The second kappa shape index (κ2) is 11.4. The summed E-state index contributed by atoms with van der Waals surface area (Å²) in [6.45, 7) is 5.59. The molecule has 0 radical (unpaired) electrons. The maximum absolute atomic E-state index is 12.9. The van der Waals surface area contributed by atoms with Crippen LogP contribution in [0.1, 0.15) is 44.1 Å². The zero-order valence-corrected chi connectivity index (χ0v) is 17.4. The number of ether oxygens (including phenoxy) is 1. The molecule has 2 N–H and O–H groups in total. The van der Waals surface area contributed by atoms with E-state index in [4.69, 9.17) is 4.74 Å². The Balaban J connectivity index is 0.00000280. The van der Waals surface area contributed by atoms with Gasteiger partial charge in [-0.3, -0.25) is 9.59 Å². The third-order valence-electron chi connectivity index (χ3n) is 5.51. The molecule has 0 spiro atoms. The predicted molar refractivity (Wildman–Crippen MR) is 112 cm³/mol. The molecule has 2 unspecified atom stereocenters. The summed E-state index contributed by atoms with van der Waals surface area (Å²) in [6.07, 6.45) is 2.88. The van der Waals surface area contributed by atoms with Crippen molar-refractivity contribution in [2.45, 2.75) is 50.6 Å². The Kier molecular flexibility index (Phi) is 9.22. The van der Waals surface area contributed by atoms with Crippen LogP contribution in [-0.4, -0.2) is 61.6 Å². The average molecular weight is 410 g/mol. The van der Waals surface area contributed by atoms with Gasteiger partial charge in [-0.15, -0.1) is 12.4 Å². The van der Waals surface area contributed by atoms with E-state index in [-0.39, 0.29) is 42.2 Å². The highest BCUT2D eigenvalue weighted by atomic mass is 35.5. The van der Waals surface area contributed by atoms with Gasteiger partial charge < -0.3 is 20.3 Å². The van der Waals surface area contributed by atoms with Gasteiger partial charge in [0.05, 0.1) is 19.1 Å². The van der Waals surface area contributed by atoms with Crippen molar-refractivity contribution < 1.29 is 14.3 Å². The summed E-state index contributed by atoms with van der Waals surface area (Å²) in [5.74, 6) is 0.199. The number of halogens is 1. The highest BCUT2D eigenvalue weighted by molar-refractivity contribution is 5.85. The van der Waals surface area contributed by atoms with Crippen LogP contribution in [-0.2, 0) is 14.3 Å². The van der Waals surface area contributed by atoms with Crippen molar-refractivity contribution >= 4 is 24.2 Å². The SMILES string of the molecule is CCC(C(=O)N1CCC(NC(=O)CC2COCCN2)CC1)c1ccccc1.Cl. The molecule has 0 aliphatic carbocycles. The van der Waals surface area contributed by atoms with E-state index in [9.17, 15) is 9.59 Å². The van der Waals surface area contributed by atoms with E-state index in [0.29, 0.717) is 32.7 Å². The minimum Gasteiger partial charge on any atom is -0.378 e. The molecule has 2 fully saturated rings. The summed E-state index contributed by atoms with van der Waals surface area (Å²) in [7, 11) is 0. The summed E-state index contributed by atoms with van der Waals surface area (Å²) < 4.78 is 5.40. The maximum Gasteiger partial charge on any atom is 0.230 e. The average Bonchev–Trinajstić information content (AvgIpc) is 2.70. The van der Waals surface area contributed by atoms with Crippen molar-refractivity contribution in [2.75, 3.05) is 32.8 Å². The number of carbonyl (C=O) groups is 2. The highest BCUT2D eigenvalue weighted by Crippen LogP contribution is 2.24. The number of benzene rings is 1. The Hall–Kier alpha value is -1.63. The fourth-order valence-electron chi connectivity index (χ4n) is 3.96. The molecule has 2 aliphatic rings. The van der Waals surface area contributed by atoms with E-state index >= 15 is 0 Å². The fourth-order valence-corrected chi connectivity index (χ4v) is 3.96. The number of morpholine rings is 1. The quantitative estimate of drug-likeness (QED) is 0.754. The first-order valence-electron chi connectivity index (χ1n) is 10.1. The lowest BCUT2D eigenvalue weighted by molar-refractivity contribution is -0.134. The van der Waals surface area contributed by atoms with Gasteiger partial charge in [-0.2, -0.15) is 0 Å². The van der Waals surface area contributed by atoms with Crippen LogP contribution in [0.3, 0.4) is 0 Å². The van der Waals surface area contributed by atoms with Crippen molar-refractivity contribution in [1.29, 1.82) is 0 Å². The molecule has 2 amide bonds.